The van der Waals surface area contributed by atoms with Gasteiger partial charge in [-0.05, 0) is 11.1 Å². The lowest BCUT2D eigenvalue weighted by molar-refractivity contribution is -0.163. The molecule has 2 heteroatoms. The van der Waals surface area contributed by atoms with Gasteiger partial charge in [0.1, 0.15) is 0 Å². The third-order valence-electron chi connectivity index (χ3n) is 2.38. The Labute approximate surface area is 92.1 Å². The first-order chi connectivity index (χ1) is 7.31. The van der Waals surface area contributed by atoms with Crippen molar-refractivity contribution in [1.82, 2.24) is 5.06 Å². The summed E-state index contributed by atoms with van der Waals surface area (Å²) in [6.45, 7) is 10.4. The summed E-state index contributed by atoms with van der Waals surface area (Å²) in [7, 11) is 0. The fourth-order valence-corrected chi connectivity index (χ4v) is 1.43. The van der Waals surface area contributed by atoms with Crippen molar-refractivity contribution in [2.24, 2.45) is 0 Å². The van der Waals surface area contributed by atoms with E-state index in [1.54, 1.807) is 0 Å². The fourth-order valence-electron chi connectivity index (χ4n) is 1.43. The van der Waals surface area contributed by atoms with E-state index in [-0.39, 0.29) is 0 Å². The molecule has 0 aliphatic carbocycles. The van der Waals surface area contributed by atoms with E-state index in [0.29, 0.717) is 6.61 Å². The number of benzene rings is 1. The second-order valence-corrected chi connectivity index (χ2v) is 3.29. The van der Waals surface area contributed by atoms with Crippen LogP contribution < -0.4 is 0 Å². The van der Waals surface area contributed by atoms with Crippen molar-refractivity contribution >= 4 is 6.08 Å². The summed E-state index contributed by atoms with van der Waals surface area (Å²) >= 11 is 0. The molecule has 0 bridgehead atoms. The van der Waals surface area contributed by atoms with Crippen LogP contribution in [0.1, 0.15) is 25.0 Å². The zero-order valence-electron chi connectivity index (χ0n) is 9.57. The molecule has 0 amide bonds. The van der Waals surface area contributed by atoms with Crippen molar-refractivity contribution in [2.75, 3.05) is 13.1 Å². The molecular formula is C13H19NO. The van der Waals surface area contributed by atoms with E-state index in [0.717, 1.165) is 18.7 Å². The monoisotopic (exact) mass is 205 g/mol. The second-order valence-electron chi connectivity index (χ2n) is 3.29. The average molecular weight is 205 g/mol. The van der Waals surface area contributed by atoms with Gasteiger partial charge in [-0.3, -0.25) is 4.84 Å². The van der Waals surface area contributed by atoms with Crippen molar-refractivity contribution in [3.63, 3.8) is 0 Å². The van der Waals surface area contributed by atoms with E-state index in [9.17, 15) is 0 Å². The maximum absolute atomic E-state index is 5.65. The highest BCUT2D eigenvalue weighted by atomic mass is 16.7. The molecule has 2 nitrogen and oxygen atoms in total. The lowest BCUT2D eigenvalue weighted by Crippen LogP contribution is -2.23. The van der Waals surface area contributed by atoms with Crippen LogP contribution in [0, 0.1) is 0 Å². The predicted octanol–water partition coefficient (Wildman–Crippen LogP) is 3.10. The first-order valence-electron chi connectivity index (χ1n) is 5.40. The first kappa shape index (κ1) is 12.0. The highest BCUT2D eigenvalue weighted by Crippen LogP contribution is 2.11. The van der Waals surface area contributed by atoms with Crippen LogP contribution in [0.15, 0.2) is 30.8 Å². The van der Waals surface area contributed by atoms with Gasteiger partial charge in [0.2, 0.25) is 0 Å². The van der Waals surface area contributed by atoms with E-state index in [1.165, 1.54) is 5.56 Å². The molecule has 15 heavy (non-hydrogen) atoms. The van der Waals surface area contributed by atoms with Crippen LogP contribution in [0.25, 0.3) is 6.08 Å². The van der Waals surface area contributed by atoms with Crippen LogP contribution in [-0.2, 0) is 11.4 Å². The second kappa shape index (κ2) is 6.38. The van der Waals surface area contributed by atoms with Crippen LogP contribution >= 0.6 is 0 Å². The molecule has 0 spiro atoms. The summed E-state index contributed by atoms with van der Waals surface area (Å²) in [5, 5.41) is 1.94. The van der Waals surface area contributed by atoms with Gasteiger partial charge in [-0.15, -0.1) is 0 Å². The Hall–Kier alpha value is -1.12. The Balaban J connectivity index is 2.60. The molecule has 0 N–H and O–H groups in total. The van der Waals surface area contributed by atoms with E-state index in [1.807, 2.05) is 29.3 Å². The van der Waals surface area contributed by atoms with Gasteiger partial charge in [-0.1, -0.05) is 50.8 Å². The van der Waals surface area contributed by atoms with Crippen LogP contribution in [-0.4, -0.2) is 18.2 Å². The van der Waals surface area contributed by atoms with Gasteiger partial charge in [0.25, 0.3) is 0 Å². The third kappa shape index (κ3) is 3.50. The minimum atomic E-state index is 0.615. The minimum Gasteiger partial charge on any atom is -0.294 e. The summed E-state index contributed by atoms with van der Waals surface area (Å²) in [6, 6.07) is 8.15. The van der Waals surface area contributed by atoms with Crippen molar-refractivity contribution < 1.29 is 4.84 Å². The summed E-state index contributed by atoms with van der Waals surface area (Å²) in [5.74, 6) is 0. The number of hydrogen-bond acceptors (Lipinski definition) is 2. The predicted molar refractivity (Wildman–Crippen MR) is 64.2 cm³/mol. The van der Waals surface area contributed by atoms with E-state index in [4.69, 9.17) is 4.84 Å². The Morgan fingerprint density at radius 1 is 1.27 bits per heavy atom. The van der Waals surface area contributed by atoms with E-state index < -0.39 is 0 Å². The Morgan fingerprint density at radius 2 is 1.93 bits per heavy atom. The lowest BCUT2D eigenvalue weighted by Gasteiger charge is -2.18. The zero-order chi connectivity index (χ0) is 11.1. The van der Waals surface area contributed by atoms with Crippen LogP contribution in [0.5, 0.6) is 0 Å². The standard InChI is InChI=1S/C13H19NO/c1-4-12-9-7-8-10-13(12)11-15-14(5-2)6-3/h4,7-10H,1,5-6,11H2,2-3H3. The number of hydrogen-bond donors (Lipinski definition) is 0. The molecule has 1 rings (SSSR count). The van der Waals surface area contributed by atoms with Crippen LogP contribution in [0.3, 0.4) is 0 Å². The topological polar surface area (TPSA) is 12.5 Å². The van der Waals surface area contributed by atoms with Gasteiger partial charge in [0.05, 0.1) is 6.61 Å². The molecule has 0 aliphatic heterocycles. The zero-order valence-corrected chi connectivity index (χ0v) is 9.57. The molecule has 0 aromatic heterocycles. The van der Waals surface area contributed by atoms with E-state index in [2.05, 4.69) is 26.5 Å². The highest BCUT2D eigenvalue weighted by molar-refractivity contribution is 5.51. The molecule has 0 unspecified atom stereocenters. The molecular weight excluding hydrogens is 186 g/mol. The lowest BCUT2D eigenvalue weighted by atomic mass is 10.1. The Kier molecular flexibility index (Phi) is 5.08. The molecule has 0 saturated carbocycles. The quantitative estimate of drug-likeness (QED) is 0.662. The van der Waals surface area contributed by atoms with Gasteiger partial charge in [-0.25, -0.2) is 0 Å². The average Bonchev–Trinajstić information content (AvgIpc) is 2.31. The van der Waals surface area contributed by atoms with Gasteiger partial charge in [0.15, 0.2) is 0 Å². The molecule has 0 radical (unpaired) electrons. The van der Waals surface area contributed by atoms with Gasteiger partial charge >= 0.3 is 0 Å². The van der Waals surface area contributed by atoms with Crippen molar-refractivity contribution in [2.45, 2.75) is 20.5 Å². The molecule has 1 aromatic carbocycles. The molecule has 0 aliphatic rings. The maximum atomic E-state index is 5.65. The molecule has 0 fully saturated rings. The summed E-state index contributed by atoms with van der Waals surface area (Å²) in [4.78, 5) is 5.65. The maximum Gasteiger partial charge on any atom is 0.0941 e. The summed E-state index contributed by atoms with van der Waals surface area (Å²) < 4.78 is 0. The first-order valence-corrected chi connectivity index (χ1v) is 5.40. The fraction of sp³-hybridized carbons (Fsp3) is 0.385. The number of hydroxylamine groups is 2. The van der Waals surface area contributed by atoms with Crippen LogP contribution in [0.2, 0.25) is 0 Å². The van der Waals surface area contributed by atoms with Crippen LogP contribution in [0.4, 0.5) is 0 Å². The van der Waals surface area contributed by atoms with Gasteiger partial charge in [-0.2, -0.15) is 5.06 Å². The molecule has 0 saturated heterocycles. The molecule has 0 heterocycles. The highest BCUT2D eigenvalue weighted by Gasteiger charge is 2.02. The molecule has 82 valence electrons. The van der Waals surface area contributed by atoms with Gasteiger partial charge in [0, 0.05) is 13.1 Å². The van der Waals surface area contributed by atoms with Crippen molar-refractivity contribution in [3.8, 4) is 0 Å². The molecule has 1 aromatic rings. The Bertz CT molecular complexity index is 305. The van der Waals surface area contributed by atoms with E-state index >= 15 is 0 Å². The number of nitrogens with zero attached hydrogens (tertiary/aromatic N) is 1. The van der Waals surface area contributed by atoms with Crippen molar-refractivity contribution in [3.05, 3.63) is 42.0 Å². The minimum absolute atomic E-state index is 0.615. The summed E-state index contributed by atoms with van der Waals surface area (Å²) in [5.41, 5.74) is 2.32. The number of rotatable bonds is 6. The SMILES string of the molecule is C=Cc1ccccc1CON(CC)CC. The molecule has 0 atom stereocenters. The van der Waals surface area contributed by atoms with Crippen molar-refractivity contribution in [1.29, 1.82) is 0 Å². The van der Waals surface area contributed by atoms with Gasteiger partial charge < -0.3 is 0 Å². The Morgan fingerprint density at radius 3 is 2.53 bits per heavy atom. The smallest absolute Gasteiger partial charge is 0.0941 e. The summed E-state index contributed by atoms with van der Waals surface area (Å²) in [6.07, 6.45) is 1.86. The normalized spacial score (nSPS) is 10.6. The third-order valence-corrected chi connectivity index (χ3v) is 2.38. The largest absolute Gasteiger partial charge is 0.294 e.